The molecule has 4 nitrogen and oxygen atoms in total. The van der Waals surface area contributed by atoms with Gasteiger partial charge in [-0.05, 0) is 47.5 Å². The maximum atomic E-state index is 5.88. The SMILES string of the molecule is Nc1ccc2c(c1)CN(c1ccc(N3CCOCC3)cc1)C2. The normalized spacial score (nSPS) is 17.6. The molecule has 2 aliphatic heterocycles. The highest BCUT2D eigenvalue weighted by Crippen LogP contribution is 2.30. The molecule has 0 amide bonds. The van der Waals surface area contributed by atoms with E-state index in [9.17, 15) is 0 Å². The van der Waals surface area contributed by atoms with E-state index in [0.29, 0.717) is 0 Å². The molecule has 2 aromatic rings. The molecule has 2 heterocycles. The number of morpholine rings is 1. The van der Waals surface area contributed by atoms with Crippen molar-refractivity contribution in [3.8, 4) is 0 Å². The smallest absolute Gasteiger partial charge is 0.0642 e. The summed E-state index contributed by atoms with van der Waals surface area (Å²) < 4.78 is 5.41. The molecule has 2 aliphatic rings. The van der Waals surface area contributed by atoms with Crippen molar-refractivity contribution in [3.63, 3.8) is 0 Å². The molecular weight excluding hydrogens is 274 g/mol. The Morgan fingerprint density at radius 2 is 1.41 bits per heavy atom. The molecule has 2 aromatic carbocycles. The van der Waals surface area contributed by atoms with Gasteiger partial charge < -0.3 is 20.3 Å². The number of hydrogen-bond acceptors (Lipinski definition) is 4. The van der Waals surface area contributed by atoms with Crippen LogP contribution in [0.2, 0.25) is 0 Å². The Morgan fingerprint density at radius 3 is 2.14 bits per heavy atom. The minimum absolute atomic E-state index is 0.824. The van der Waals surface area contributed by atoms with Gasteiger partial charge in [0.2, 0.25) is 0 Å². The van der Waals surface area contributed by atoms with Crippen molar-refractivity contribution in [2.45, 2.75) is 13.1 Å². The van der Waals surface area contributed by atoms with E-state index in [1.807, 2.05) is 6.07 Å². The second-order valence-corrected chi connectivity index (χ2v) is 6.00. The number of nitrogens with two attached hydrogens (primary N) is 1. The van der Waals surface area contributed by atoms with Gasteiger partial charge in [0.15, 0.2) is 0 Å². The molecule has 0 saturated carbocycles. The van der Waals surface area contributed by atoms with Gasteiger partial charge in [-0.2, -0.15) is 0 Å². The zero-order chi connectivity index (χ0) is 14.9. The van der Waals surface area contributed by atoms with E-state index < -0.39 is 0 Å². The molecule has 2 N–H and O–H groups in total. The fourth-order valence-corrected chi connectivity index (χ4v) is 3.29. The maximum Gasteiger partial charge on any atom is 0.0642 e. The van der Waals surface area contributed by atoms with Crippen LogP contribution in [0, 0.1) is 0 Å². The third-order valence-electron chi connectivity index (χ3n) is 4.54. The van der Waals surface area contributed by atoms with E-state index in [4.69, 9.17) is 10.5 Å². The summed E-state index contributed by atoms with van der Waals surface area (Å²) in [7, 11) is 0. The standard InChI is InChI=1S/C18H21N3O/c19-16-2-1-14-12-21(13-15(14)11-16)18-5-3-17(4-6-18)20-7-9-22-10-8-20/h1-6,11H,7-10,12-13,19H2. The van der Waals surface area contributed by atoms with E-state index in [2.05, 4.69) is 46.2 Å². The van der Waals surface area contributed by atoms with Gasteiger partial charge in [0.05, 0.1) is 13.2 Å². The monoisotopic (exact) mass is 295 g/mol. The van der Waals surface area contributed by atoms with Crippen molar-refractivity contribution in [2.75, 3.05) is 41.8 Å². The highest BCUT2D eigenvalue weighted by Gasteiger charge is 2.19. The first-order valence-corrected chi connectivity index (χ1v) is 7.84. The van der Waals surface area contributed by atoms with Crippen LogP contribution in [0.3, 0.4) is 0 Å². The Kier molecular flexibility index (Phi) is 3.39. The summed E-state index contributed by atoms with van der Waals surface area (Å²) in [5, 5.41) is 0. The van der Waals surface area contributed by atoms with Gasteiger partial charge >= 0.3 is 0 Å². The lowest BCUT2D eigenvalue weighted by molar-refractivity contribution is 0.122. The van der Waals surface area contributed by atoms with Crippen LogP contribution >= 0.6 is 0 Å². The highest BCUT2D eigenvalue weighted by atomic mass is 16.5. The first-order chi connectivity index (χ1) is 10.8. The van der Waals surface area contributed by atoms with Crippen LogP contribution in [-0.2, 0) is 17.8 Å². The molecule has 0 atom stereocenters. The average Bonchev–Trinajstić information content (AvgIpc) is 2.99. The van der Waals surface area contributed by atoms with E-state index in [1.54, 1.807) is 0 Å². The first-order valence-electron chi connectivity index (χ1n) is 7.84. The molecule has 22 heavy (non-hydrogen) atoms. The average molecular weight is 295 g/mol. The summed E-state index contributed by atoms with van der Waals surface area (Å²) in [6, 6.07) is 15.1. The number of hydrogen-bond donors (Lipinski definition) is 1. The van der Waals surface area contributed by atoms with Gasteiger partial charge in [0.1, 0.15) is 0 Å². The van der Waals surface area contributed by atoms with E-state index in [1.165, 1.54) is 22.5 Å². The lowest BCUT2D eigenvalue weighted by Gasteiger charge is -2.29. The fourth-order valence-electron chi connectivity index (χ4n) is 3.29. The molecule has 0 aliphatic carbocycles. The van der Waals surface area contributed by atoms with Gasteiger partial charge in [0, 0.05) is 43.2 Å². The van der Waals surface area contributed by atoms with Crippen LogP contribution in [0.4, 0.5) is 17.1 Å². The van der Waals surface area contributed by atoms with E-state index in [-0.39, 0.29) is 0 Å². The van der Waals surface area contributed by atoms with Crippen molar-refractivity contribution in [1.82, 2.24) is 0 Å². The van der Waals surface area contributed by atoms with Crippen LogP contribution in [0.1, 0.15) is 11.1 Å². The summed E-state index contributed by atoms with van der Waals surface area (Å²) in [6.07, 6.45) is 0. The topological polar surface area (TPSA) is 41.7 Å². The van der Waals surface area contributed by atoms with Crippen LogP contribution < -0.4 is 15.5 Å². The number of ether oxygens (including phenoxy) is 1. The maximum absolute atomic E-state index is 5.88. The molecule has 4 heteroatoms. The second-order valence-electron chi connectivity index (χ2n) is 6.00. The molecule has 0 unspecified atom stereocenters. The Balaban J connectivity index is 1.50. The highest BCUT2D eigenvalue weighted by molar-refractivity contribution is 5.59. The van der Waals surface area contributed by atoms with Gasteiger partial charge in [-0.1, -0.05) is 6.07 Å². The van der Waals surface area contributed by atoms with Gasteiger partial charge in [-0.25, -0.2) is 0 Å². The zero-order valence-electron chi connectivity index (χ0n) is 12.7. The first kappa shape index (κ1) is 13.5. The minimum atomic E-state index is 0.824. The fraction of sp³-hybridized carbons (Fsp3) is 0.333. The van der Waals surface area contributed by atoms with Gasteiger partial charge in [0.25, 0.3) is 0 Å². The Hall–Kier alpha value is -2.20. The van der Waals surface area contributed by atoms with Crippen molar-refractivity contribution in [3.05, 3.63) is 53.6 Å². The lowest BCUT2D eigenvalue weighted by atomic mass is 10.1. The van der Waals surface area contributed by atoms with E-state index in [0.717, 1.165) is 45.1 Å². The van der Waals surface area contributed by atoms with Crippen molar-refractivity contribution >= 4 is 17.1 Å². The number of anilines is 3. The van der Waals surface area contributed by atoms with Crippen LogP contribution in [0.25, 0.3) is 0 Å². The summed E-state index contributed by atoms with van der Waals surface area (Å²) >= 11 is 0. The third-order valence-corrected chi connectivity index (χ3v) is 4.54. The number of rotatable bonds is 2. The molecular formula is C18H21N3O. The Morgan fingerprint density at radius 1 is 0.773 bits per heavy atom. The van der Waals surface area contributed by atoms with Gasteiger partial charge in [-0.15, -0.1) is 0 Å². The van der Waals surface area contributed by atoms with Crippen molar-refractivity contribution < 1.29 is 4.74 Å². The lowest BCUT2D eigenvalue weighted by Crippen LogP contribution is -2.36. The Bertz CT molecular complexity index is 663. The second kappa shape index (κ2) is 5.54. The molecule has 1 fully saturated rings. The zero-order valence-corrected chi connectivity index (χ0v) is 12.7. The van der Waals surface area contributed by atoms with E-state index >= 15 is 0 Å². The minimum Gasteiger partial charge on any atom is -0.399 e. The molecule has 1 saturated heterocycles. The quantitative estimate of drug-likeness (QED) is 0.865. The van der Waals surface area contributed by atoms with Crippen molar-refractivity contribution in [2.24, 2.45) is 0 Å². The van der Waals surface area contributed by atoms with Crippen LogP contribution in [0.15, 0.2) is 42.5 Å². The largest absolute Gasteiger partial charge is 0.399 e. The molecule has 0 spiro atoms. The summed E-state index contributed by atoms with van der Waals surface area (Å²) in [5.41, 5.74) is 12.0. The summed E-state index contributed by atoms with van der Waals surface area (Å²) in [4.78, 5) is 4.78. The van der Waals surface area contributed by atoms with Crippen molar-refractivity contribution in [1.29, 1.82) is 0 Å². The molecule has 0 aromatic heterocycles. The molecule has 4 rings (SSSR count). The number of fused-ring (bicyclic) bond motifs is 1. The summed E-state index contributed by atoms with van der Waals surface area (Å²) in [5.74, 6) is 0. The number of nitrogen functional groups attached to an aromatic ring is 1. The number of nitrogens with zero attached hydrogens (tertiary/aromatic N) is 2. The number of benzene rings is 2. The molecule has 0 radical (unpaired) electrons. The predicted molar refractivity (Wildman–Crippen MR) is 90.2 cm³/mol. The predicted octanol–water partition coefficient (Wildman–Crippen LogP) is 2.63. The third kappa shape index (κ3) is 2.50. The molecule has 0 bridgehead atoms. The molecule has 114 valence electrons. The Labute approximate surface area is 131 Å². The van der Waals surface area contributed by atoms with Crippen LogP contribution in [-0.4, -0.2) is 26.3 Å². The summed E-state index contributed by atoms with van der Waals surface area (Å²) in [6.45, 7) is 5.51. The van der Waals surface area contributed by atoms with Gasteiger partial charge in [-0.3, -0.25) is 0 Å². The van der Waals surface area contributed by atoms with Crippen LogP contribution in [0.5, 0.6) is 0 Å².